The van der Waals surface area contributed by atoms with E-state index in [-0.39, 0.29) is 5.91 Å². The fourth-order valence-corrected chi connectivity index (χ4v) is 2.96. The normalized spacial score (nSPS) is 13.2. The van der Waals surface area contributed by atoms with Crippen LogP contribution in [0.2, 0.25) is 0 Å². The van der Waals surface area contributed by atoms with Crippen LogP contribution >= 0.6 is 0 Å². The van der Waals surface area contributed by atoms with Crippen molar-refractivity contribution in [2.75, 3.05) is 11.9 Å². The molecule has 0 saturated carbocycles. The highest BCUT2D eigenvalue weighted by atomic mass is 16.1. The molecule has 4 rings (SSSR count). The van der Waals surface area contributed by atoms with E-state index in [0.29, 0.717) is 12.1 Å². The third-order valence-corrected chi connectivity index (χ3v) is 4.32. The minimum absolute atomic E-state index is 0.128. The van der Waals surface area contributed by atoms with Gasteiger partial charge in [0.25, 0.3) is 5.91 Å². The second-order valence-electron chi connectivity index (χ2n) is 6.24. The van der Waals surface area contributed by atoms with Crippen LogP contribution in [0.3, 0.4) is 0 Å². The van der Waals surface area contributed by atoms with E-state index in [1.54, 1.807) is 12.1 Å². The summed E-state index contributed by atoms with van der Waals surface area (Å²) in [5, 5.41) is 6.23. The second-order valence-corrected chi connectivity index (χ2v) is 6.24. The van der Waals surface area contributed by atoms with Gasteiger partial charge in [0, 0.05) is 23.0 Å². The molecule has 3 aromatic rings. The van der Waals surface area contributed by atoms with Gasteiger partial charge in [0.1, 0.15) is 0 Å². The zero-order valence-electron chi connectivity index (χ0n) is 14.7. The minimum atomic E-state index is -0.128. The third kappa shape index (κ3) is 3.96. The number of benzene rings is 3. The van der Waals surface area contributed by atoms with Gasteiger partial charge in [-0.3, -0.25) is 4.79 Å². The lowest BCUT2D eigenvalue weighted by atomic mass is 10.1. The Bertz CT molecular complexity index is 1010. The van der Waals surface area contributed by atoms with Crippen molar-refractivity contribution in [3.05, 3.63) is 108 Å². The monoisotopic (exact) mass is 353 g/mol. The van der Waals surface area contributed by atoms with Crippen molar-refractivity contribution in [2.24, 2.45) is 4.99 Å². The molecular weight excluding hydrogens is 334 g/mol. The molecular formula is C23H19N3O. The van der Waals surface area contributed by atoms with Gasteiger partial charge in [-0.1, -0.05) is 60.7 Å². The first-order valence-electron chi connectivity index (χ1n) is 8.83. The van der Waals surface area contributed by atoms with Gasteiger partial charge in [-0.05, 0) is 29.8 Å². The van der Waals surface area contributed by atoms with Crippen molar-refractivity contribution in [3.63, 3.8) is 0 Å². The summed E-state index contributed by atoms with van der Waals surface area (Å²) in [6, 6.07) is 27.0. The summed E-state index contributed by atoms with van der Waals surface area (Å²) in [4.78, 5) is 17.2. The molecule has 0 aromatic heterocycles. The van der Waals surface area contributed by atoms with E-state index in [1.807, 2.05) is 66.9 Å². The number of hydrogen-bond donors (Lipinski definition) is 2. The highest BCUT2D eigenvalue weighted by molar-refractivity contribution is 6.06. The minimum Gasteiger partial charge on any atom is -0.383 e. The van der Waals surface area contributed by atoms with Crippen molar-refractivity contribution in [1.29, 1.82) is 0 Å². The molecule has 1 aliphatic heterocycles. The maximum Gasteiger partial charge on any atom is 0.255 e. The molecule has 0 aliphatic carbocycles. The Morgan fingerprint density at radius 2 is 1.56 bits per heavy atom. The molecule has 27 heavy (non-hydrogen) atoms. The van der Waals surface area contributed by atoms with E-state index >= 15 is 0 Å². The van der Waals surface area contributed by atoms with Crippen molar-refractivity contribution in [3.8, 4) is 0 Å². The summed E-state index contributed by atoms with van der Waals surface area (Å²) in [5.74, 6) is -0.128. The van der Waals surface area contributed by atoms with E-state index in [9.17, 15) is 4.79 Å². The standard InChI is InChI=1S/C23H19N3O/c27-23(18-10-5-2-6-11-18)25-20-13-7-12-19(14-20)22-16-24-15-21(26-22)17-8-3-1-4-9-17/h1-14,16,24H,15H2,(H,25,27). The first kappa shape index (κ1) is 16.8. The van der Waals surface area contributed by atoms with Crippen LogP contribution in [0, 0.1) is 0 Å². The van der Waals surface area contributed by atoms with Crippen LogP contribution in [-0.2, 0) is 0 Å². The highest BCUT2D eigenvalue weighted by Crippen LogP contribution is 2.22. The summed E-state index contributed by atoms with van der Waals surface area (Å²) < 4.78 is 0. The zero-order chi connectivity index (χ0) is 18.5. The number of carbonyl (C=O) groups excluding carboxylic acids is 1. The maximum atomic E-state index is 12.4. The number of anilines is 1. The average molecular weight is 353 g/mol. The molecule has 0 fully saturated rings. The van der Waals surface area contributed by atoms with Crippen LogP contribution in [-0.4, -0.2) is 18.2 Å². The fraction of sp³-hybridized carbons (Fsp3) is 0.0435. The number of nitrogens with zero attached hydrogens (tertiary/aromatic N) is 1. The van der Waals surface area contributed by atoms with Gasteiger partial charge in [-0.25, -0.2) is 4.99 Å². The number of hydrogen-bond acceptors (Lipinski definition) is 3. The summed E-state index contributed by atoms with van der Waals surface area (Å²) >= 11 is 0. The van der Waals surface area contributed by atoms with Gasteiger partial charge in [-0.2, -0.15) is 0 Å². The summed E-state index contributed by atoms with van der Waals surface area (Å²) in [6.45, 7) is 0.692. The molecule has 0 unspecified atom stereocenters. The zero-order valence-corrected chi connectivity index (χ0v) is 14.7. The van der Waals surface area contributed by atoms with Gasteiger partial charge in [0.15, 0.2) is 0 Å². The fourth-order valence-electron chi connectivity index (χ4n) is 2.96. The Morgan fingerprint density at radius 3 is 2.33 bits per heavy atom. The number of rotatable bonds is 4. The van der Waals surface area contributed by atoms with Crippen molar-refractivity contribution >= 4 is 23.0 Å². The van der Waals surface area contributed by atoms with Gasteiger partial charge >= 0.3 is 0 Å². The lowest BCUT2D eigenvalue weighted by molar-refractivity contribution is 0.102. The first-order valence-corrected chi connectivity index (χ1v) is 8.83. The van der Waals surface area contributed by atoms with Gasteiger partial charge in [0.05, 0.1) is 18.0 Å². The Morgan fingerprint density at radius 1 is 0.852 bits per heavy atom. The summed E-state index contributed by atoms with van der Waals surface area (Å²) in [6.07, 6.45) is 1.91. The van der Waals surface area contributed by atoms with Gasteiger partial charge in [0.2, 0.25) is 0 Å². The Hall–Kier alpha value is -3.66. The number of carbonyl (C=O) groups is 1. The van der Waals surface area contributed by atoms with Crippen molar-refractivity contribution in [2.45, 2.75) is 0 Å². The molecule has 132 valence electrons. The molecule has 1 aliphatic rings. The molecule has 3 aromatic carbocycles. The molecule has 4 nitrogen and oxygen atoms in total. The number of aliphatic imine (C=N–C) groups is 1. The largest absolute Gasteiger partial charge is 0.383 e. The van der Waals surface area contributed by atoms with E-state index < -0.39 is 0 Å². The molecule has 0 spiro atoms. The highest BCUT2D eigenvalue weighted by Gasteiger charge is 2.12. The quantitative estimate of drug-likeness (QED) is 0.733. The molecule has 0 bridgehead atoms. The van der Waals surface area contributed by atoms with E-state index in [0.717, 1.165) is 28.2 Å². The Labute approximate surface area is 158 Å². The van der Waals surface area contributed by atoms with E-state index in [2.05, 4.69) is 22.8 Å². The van der Waals surface area contributed by atoms with E-state index in [1.165, 1.54) is 0 Å². The van der Waals surface area contributed by atoms with Crippen LogP contribution in [0.25, 0.3) is 5.70 Å². The Kier molecular flexibility index (Phi) is 4.79. The summed E-state index contributed by atoms with van der Waals surface area (Å²) in [7, 11) is 0. The second kappa shape index (κ2) is 7.70. The molecule has 1 amide bonds. The SMILES string of the molecule is O=C(Nc1cccc(C2=CNCC(c3ccccc3)=N2)c1)c1ccccc1. The molecule has 0 saturated heterocycles. The lowest BCUT2D eigenvalue weighted by Crippen LogP contribution is -2.23. The molecule has 0 atom stereocenters. The van der Waals surface area contributed by atoms with Crippen molar-refractivity contribution < 1.29 is 4.79 Å². The first-order chi connectivity index (χ1) is 13.3. The number of nitrogens with one attached hydrogen (secondary N) is 2. The topological polar surface area (TPSA) is 53.5 Å². The van der Waals surface area contributed by atoms with Crippen LogP contribution in [0.15, 0.2) is 96.1 Å². The van der Waals surface area contributed by atoms with Crippen LogP contribution < -0.4 is 10.6 Å². The maximum absolute atomic E-state index is 12.4. The molecule has 0 radical (unpaired) electrons. The van der Waals surface area contributed by atoms with Crippen LogP contribution in [0.4, 0.5) is 5.69 Å². The third-order valence-electron chi connectivity index (χ3n) is 4.32. The van der Waals surface area contributed by atoms with E-state index in [4.69, 9.17) is 4.99 Å². The van der Waals surface area contributed by atoms with Gasteiger partial charge < -0.3 is 10.6 Å². The smallest absolute Gasteiger partial charge is 0.255 e. The predicted octanol–water partition coefficient (Wildman–Crippen LogP) is 4.33. The number of amides is 1. The lowest BCUT2D eigenvalue weighted by Gasteiger charge is -2.16. The van der Waals surface area contributed by atoms with Crippen LogP contribution in [0.5, 0.6) is 0 Å². The van der Waals surface area contributed by atoms with Crippen LogP contribution in [0.1, 0.15) is 21.5 Å². The van der Waals surface area contributed by atoms with Gasteiger partial charge in [-0.15, -0.1) is 0 Å². The Balaban J connectivity index is 1.56. The summed E-state index contributed by atoms with van der Waals surface area (Å²) in [5.41, 5.74) is 5.25. The molecule has 1 heterocycles. The molecule has 4 heteroatoms. The average Bonchev–Trinajstić information content (AvgIpc) is 2.75. The van der Waals surface area contributed by atoms with Crippen molar-refractivity contribution in [1.82, 2.24) is 5.32 Å². The predicted molar refractivity (Wildman–Crippen MR) is 110 cm³/mol. The molecule has 2 N–H and O–H groups in total.